The van der Waals surface area contributed by atoms with Gasteiger partial charge in [-0.25, -0.2) is 0 Å². The number of rotatable bonds is 63. The SMILES string of the molecule is CCCCC/C=C\C/C=C\CCCCCCCCCC(=O)OC(COC(=O)CCCCCCC/C=C\C/C=C\CCCCC)COC(=O)CCCCCCCCCCCCCCCCCCC/C=C\C/C=C\CCCCCCC. The van der Waals surface area contributed by atoms with Crippen LogP contribution in [0.2, 0.25) is 0 Å². The van der Waals surface area contributed by atoms with Gasteiger partial charge in [0, 0.05) is 19.3 Å². The molecule has 0 bridgehead atoms. The quantitative estimate of drug-likeness (QED) is 0.0261. The fraction of sp³-hybridized carbons (Fsp3) is 0.795. The van der Waals surface area contributed by atoms with E-state index in [2.05, 4.69) is 93.7 Å². The van der Waals surface area contributed by atoms with Crippen molar-refractivity contribution in [2.75, 3.05) is 13.2 Å². The molecular weight excluding hydrogens is 973 g/mol. The molecule has 1 unspecified atom stereocenters. The number of carbonyl (C=O) groups is 3. The van der Waals surface area contributed by atoms with Gasteiger partial charge < -0.3 is 14.2 Å². The Kier molecular flexibility index (Phi) is 64.7. The first kappa shape index (κ1) is 75.8. The molecule has 1 atom stereocenters. The van der Waals surface area contributed by atoms with Crippen LogP contribution in [-0.4, -0.2) is 37.2 Å². The first-order chi connectivity index (χ1) is 39.0. The topological polar surface area (TPSA) is 78.9 Å². The van der Waals surface area contributed by atoms with Crippen molar-refractivity contribution in [2.24, 2.45) is 0 Å². The van der Waals surface area contributed by atoms with Crippen LogP contribution in [0.25, 0.3) is 0 Å². The van der Waals surface area contributed by atoms with Crippen LogP contribution in [0.5, 0.6) is 0 Å². The van der Waals surface area contributed by atoms with E-state index in [0.29, 0.717) is 19.3 Å². The number of esters is 3. The zero-order valence-electron chi connectivity index (χ0n) is 52.6. The summed E-state index contributed by atoms with van der Waals surface area (Å²) >= 11 is 0. The maximum Gasteiger partial charge on any atom is 0.306 e. The number of hydrogen-bond donors (Lipinski definition) is 0. The van der Waals surface area contributed by atoms with Gasteiger partial charge in [0.05, 0.1) is 0 Å². The third-order valence-corrected chi connectivity index (χ3v) is 15.2. The minimum Gasteiger partial charge on any atom is -0.462 e. The standard InChI is InChI=1S/C73H130O6/c1-4-7-10-13-16-19-22-25-28-30-31-32-33-34-35-36-37-38-39-40-41-43-45-48-51-54-57-60-63-66-72(75)78-69-70(68-77-71(74)65-62-59-56-53-50-47-44-27-24-21-18-15-12-9-6-3)79-73(76)67-64-61-58-55-52-49-46-42-29-26-23-20-17-14-11-8-5-2/h17-18,20-22,25-27,29-31,44,70H,4-16,19,23-24,28,32-43,45-69H2,1-3H3/b20-17-,21-18-,25-22-,29-26-,31-30-,44-27-. The number of hydrogen-bond acceptors (Lipinski definition) is 6. The maximum atomic E-state index is 12.9. The van der Waals surface area contributed by atoms with Crippen molar-refractivity contribution < 1.29 is 28.6 Å². The second kappa shape index (κ2) is 67.4. The van der Waals surface area contributed by atoms with Crippen molar-refractivity contribution in [3.8, 4) is 0 Å². The molecule has 0 aliphatic rings. The normalized spacial score (nSPS) is 12.5. The van der Waals surface area contributed by atoms with Crippen LogP contribution >= 0.6 is 0 Å². The van der Waals surface area contributed by atoms with Gasteiger partial charge in [0.25, 0.3) is 0 Å². The van der Waals surface area contributed by atoms with Crippen LogP contribution in [0.3, 0.4) is 0 Å². The summed E-state index contributed by atoms with van der Waals surface area (Å²) < 4.78 is 17.0. The largest absolute Gasteiger partial charge is 0.462 e. The third kappa shape index (κ3) is 65.5. The van der Waals surface area contributed by atoms with Crippen molar-refractivity contribution in [2.45, 2.75) is 361 Å². The molecular formula is C73H130O6. The summed E-state index contributed by atoms with van der Waals surface area (Å²) in [5, 5.41) is 0. The molecule has 0 heterocycles. The van der Waals surface area contributed by atoms with E-state index in [4.69, 9.17) is 14.2 Å². The maximum absolute atomic E-state index is 12.9. The summed E-state index contributed by atoms with van der Waals surface area (Å²) in [5.41, 5.74) is 0. The van der Waals surface area contributed by atoms with Gasteiger partial charge in [0.15, 0.2) is 6.10 Å². The van der Waals surface area contributed by atoms with Crippen LogP contribution in [-0.2, 0) is 28.6 Å². The van der Waals surface area contributed by atoms with Crippen molar-refractivity contribution in [1.29, 1.82) is 0 Å². The lowest BCUT2D eigenvalue weighted by atomic mass is 10.0. The van der Waals surface area contributed by atoms with Crippen molar-refractivity contribution in [3.05, 3.63) is 72.9 Å². The Morgan fingerprint density at radius 3 is 0.722 bits per heavy atom. The molecule has 458 valence electrons. The molecule has 0 aliphatic heterocycles. The van der Waals surface area contributed by atoms with Gasteiger partial charge >= 0.3 is 17.9 Å². The predicted octanol–water partition coefficient (Wildman–Crippen LogP) is 23.7. The van der Waals surface area contributed by atoms with Crippen LogP contribution < -0.4 is 0 Å². The highest BCUT2D eigenvalue weighted by Gasteiger charge is 2.19. The van der Waals surface area contributed by atoms with Crippen LogP contribution in [0.1, 0.15) is 355 Å². The Hall–Kier alpha value is -3.15. The summed E-state index contributed by atoms with van der Waals surface area (Å²) in [5.74, 6) is -0.885. The van der Waals surface area contributed by atoms with E-state index in [1.165, 1.54) is 218 Å². The molecule has 0 aromatic heterocycles. The average molecular weight is 1100 g/mol. The van der Waals surface area contributed by atoms with Gasteiger partial charge in [-0.3, -0.25) is 14.4 Å². The Balaban J connectivity index is 4.25. The highest BCUT2D eigenvalue weighted by Crippen LogP contribution is 2.17. The minimum absolute atomic E-state index is 0.0806. The molecule has 0 fully saturated rings. The lowest BCUT2D eigenvalue weighted by molar-refractivity contribution is -0.167. The van der Waals surface area contributed by atoms with Crippen molar-refractivity contribution in [1.82, 2.24) is 0 Å². The summed E-state index contributed by atoms with van der Waals surface area (Å²) in [6.07, 6.45) is 87.8. The molecule has 0 aromatic carbocycles. The van der Waals surface area contributed by atoms with Gasteiger partial charge in [0.2, 0.25) is 0 Å². The van der Waals surface area contributed by atoms with Gasteiger partial charge in [-0.2, -0.15) is 0 Å². The summed E-state index contributed by atoms with van der Waals surface area (Å²) in [7, 11) is 0. The zero-order valence-corrected chi connectivity index (χ0v) is 52.6. The molecule has 0 radical (unpaired) electrons. The van der Waals surface area contributed by atoms with E-state index in [1.54, 1.807) is 0 Å². The Morgan fingerprint density at radius 2 is 0.456 bits per heavy atom. The highest BCUT2D eigenvalue weighted by atomic mass is 16.6. The molecule has 0 spiro atoms. The molecule has 0 N–H and O–H groups in total. The van der Waals surface area contributed by atoms with E-state index in [-0.39, 0.29) is 31.1 Å². The number of carbonyl (C=O) groups excluding carboxylic acids is 3. The number of allylic oxidation sites excluding steroid dienone is 12. The van der Waals surface area contributed by atoms with Gasteiger partial charge in [-0.05, 0) is 116 Å². The Bertz CT molecular complexity index is 1450. The van der Waals surface area contributed by atoms with Crippen molar-refractivity contribution in [3.63, 3.8) is 0 Å². The summed E-state index contributed by atoms with van der Waals surface area (Å²) in [6.45, 7) is 6.60. The fourth-order valence-electron chi connectivity index (χ4n) is 9.95. The highest BCUT2D eigenvalue weighted by molar-refractivity contribution is 5.71. The van der Waals surface area contributed by atoms with E-state index in [0.717, 1.165) is 96.3 Å². The van der Waals surface area contributed by atoms with Crippen molar-refractivity contribution >= 4 is 17.9 Å². The van der Waals surface area contributed by atoms with Crippen LogP contribution in [0, 0.1) is 0 Å². The lowest BCUT2D eigenvalue weighted by Crippen LogP contribution is -2.30. The average Bonchev–Trinajstić information content (AvgIpc) is 3.45. The number of unbranched alkanes of at least 4 members (excludes halogenated alkanes) is 40. The second-order valence-electron chi connectivity index (χ2n) is 23.1. The molecule has 6 heteroatoms. The van der Waals surface area contributed by atoms with Crippen LogP contribution in [0.4, 0.5) is 0 Å². The molecule has 0 aliphatic carbocycles. The minimum atomic E-state index is -0.786. The first-order valence-corrected chi connectivity index (χ1v) is 34.4. The molecule has 6 nitrogen and oxygen atoms in total. The van der Waals surface area contributed by atoms with Gasteiger partial charge in [0.1, 0.15) is 13.2 Å². The zero-order chi connectivity index (χ0) is 57.1. The fourth-order valence-corrected chi connectivity index (χ4v) is 9.95. The van der Waals surface area contributed by atoms with Crippen LogP contribution in [0.15, 0.2) is 72.9 Å². The molecule has 0 amide bonds. The molecule has 0 rings (SSSR count). The monoisotopic (exact) mass is 1100 g/mol. The van der Waals surface area contributed by atoms with Gasteiger partial charge in [-0.1, -0.05) is 293 Å². The van der Waals surface area contributed by atoms with Gasteiger partial charge in [-0.15, -0.1) is 0 Å². The van der Waals surface area contributed by atoms with E-state index in [9.17, 15) is 14.4 Å². The third-order valence-electron chi connectivity index (χ3n) is 15.2. The van der Waals surface area contributed by atoms with E-state index in [1.807, 2.05) is 0 Å². The Labute approximate surface area is 491 Å². The molecule has 79 heavy (non-hydrogen) atoms. The van der Waals surface area contributed by atoms with E-state index < -0.39 is 6.10 Å². The summed E-state index contributed by atoms with van der Waals surface area (Å²) in [6, 6.07) is 0. The molecule has 0 saturated carbocycles. The smallest absolute Gasteiger partial charge is 0.306 e. The van der Waals surface area contributed by atoms with E-state index >= 15 is 0 Å². The first-order valence-electron chi connectivity index (χ1n) is 34.4. The molecule has 0 aromatic rings. The molecule has 0 saturated heterocycles. The summed E-state index contributed by atoms with van der Waals surface area (Å²) in [4.78, 5) is 38.4. The predicted molar refractivity (Wildman–Crippen MR) is 344 cm³/mol. The Morgan fingerprint density at radius 1 is 0.253 bits per heavy atom. The lowest BCUT2D eigenvalue weighted by Gasteiger charge is -2.18. The number of ether oxygens (including phenoxy) is 3. The second-order valence-corrected chi connectivity index (χ2v) is 23.1.